The van der Waals surface area contributed by atoms with E-state index in [1.54, 1.807) is 40.9 Å². The summed E-state index contributed by atoms with van der Waals surface area (Å²) in [6, 6.07) is 7.17. The van der Waals surface area contributed by atoms with E-state index < -0.39 is 17.7 Å². The number of ether oxygens (including phenoxy) is 1. The molecule has 39 heavy (non-hydrogen) atoms. The zero-order valence-electron chi connectivity index (χ0n) is 23.4. The number of likely N-dealkylation sites (N-methyl/N-ethyl adjacent to an activating group) is 1. The van der Waals surface area contributed by atoms with Gasteiger partial charge in [-0.25, -0.2) is 9.78 Å². The van der Waals surface area contributed by atoms with Gasteiger partial charge in [-0.2, -0.15) is 4.98 Å². The van der Waals surface area contributed by atoms with Crippen LogP contribution in [0.25, 0.3) is 0 Å². The van der Waals surface area contributed by atoms with Gasteiger partial charge in [0.1, 0.15) is 23.1 Å². The van der Waals surface area contributed by atoms with Crippen molar-refractivity contribution in [3.8, 4) is 17.9 Å². The van der Waals surface area contributed by atoms with Gasteiger partial charge in [0.05, 0.1) is 17.4 Å². The number of para-hydroxylation sites is 2. The standard InChI is InChI=1S/C27H38N8O4/c1-7-16-28-23-20(18-30-25(31-23)39-35-22-15-11-10-14-21(22)32-33-35)13-9-8-12-17-29-24(36)19(2)34(6)26(37)38-27(3,4)5/h10-11,14-15,18-19,32-33H,7-8,12,16-17H2,1-6H3,(H,29,36)(H,28,30,31)/t19-/m0/s1. The number of hydrazine groups is 2. The SMILES string of the molecule is CCCNc1nc(ON2NNc3ccccc32)ncc1C#CCCCNC(=O)[C@H](C)N(C)C(=O)OC(C)(C)C. The molecule has 210 valence electrons. The summed E-state index contributed by atoms with van der Waals surface area (Å²) in [6.07, 6.45) is 3.20. The van der Waals surface area contributed by atoms with Crippen LogP contribution in [0.3, 0.4) is 0 Å². The summed E-state index contributed by atoms with van der Waals surface area (Å²) in [5.41, 5.74) is 7.65. The molecule has 2 amide bonds. The molecule has 12 nitrogen and oxygen atoms in total. The number of nitrogens with one attached hydrogen (secondary N) is 4. The number of anilines is 3. The van der Waals surface area contributed by atoms with Crippen molar-refractivity contribution in [3.63, 3.8) is 0 Å². The molecule has 1 aliphatic rings. The van der Waals surface area contributed by atoms with E-state index in [2.05, 4.69) is 50.3 Å². The molecular weight excluding hydrogens is 500 g/mol. The van der Waals surface area contributed by atoms with Gasteiger partial charge in [-0.05, 0) is 52.7 Å². The summed E-state index contributed by atoms with van der Waals surface area (Å²) in [5, 5.41) is 7.57. The van der Waals surface area contributed by atoms with Crippen LogP contribution in [-0.4, -0.2) is 58.6 Å². The highest BCUT2D eigenvalue weighted by atomic mass is 16.7. The molecule has 0 aliphatic carbocycles. The third-order valence-corrected chi connectivity index (χ3v) is 5.54. The van der Waals surface area contributed by atoms with Crippen LogP contribution in [0.5, 0.6) is 6.01 Å². The smallest absolute Gasteiger partial charge is 0.410 e. The lowest BCUT2D eigenvalue weighted by molar-refractivity contribution is -0.125. The first-order valence-electron chi connectivity index (χ1n) is 13.0. The fraction of sp³-hybridized carbons (Fsp3) is 0.481. The Morgan fingerprint density at radius 1 is 1.23 bits per heavy atom. The monoisotopic (exact) mass is 538 g/mol. The summed E-state index contributed by atoms with van der Waals surface area (Å²) in [5.74, 6) is 6.55. The maximum absolute atomic E-state index is 12.4. The molecule has 0 fully saturated rings. The van der Waals surface area contributed by atoms with Gasteiger partial charge in [-0.15, -0.1) is 10.7 Å². The molecule has 2 heterocycles. The Morgan fingerprint density at radius 3 is 2.74 bits per heavy atom. The lowest BCUT2D eigenvalue weighted by atomic mass is 10.2. The van der Waals surface area contributed by atoms with E-state index >= 15 is 0 Å². The Labute approximate surface area is 229 Å². The molecule has 0 radical (unpaired) electrons. The number of unbranched alkanes of at least 4 members (excludes halogenated alkanes) is 1. The number of hydrogen-bond donors (Lipinski definition) is 4. The van der Waals surface area contributed by atoms with E-state index in [-0.39, 0.29) is 11.9 Å². The molecule has 1 atom stereocenters. The van der Waals surface area contributed by atoms with Crippen LogP contribution in [0, 0.1) is 11.8 Å². The number of hydrogen-bond acceptors (Lipinski definition) is 10. The molecule has 0 unspecified atom stereocenters. The molecule has 1 aromatic heterocycles. The first kappa shape index (κ1) is 29.3. The maximum atomic E-state index is 12.4. The number of rotatable bonds is 10. The highest BCUT2D eigenvalue weighted by Crippen LogP contribution is 2.28. The average Bonchev–Trinajstić information content (AvgIpc) is 3.30. The molecule has 1 aliphatic heterocycles. The third-order valence-electron chi connectivity index (χ3n) is 5.54. The number of benzene rings is 1. The molecule has 3 rings (SSSR count). The van der Waals surface area contributed by atoms with Gasteiger partial charge in [0.25, 0.3) is 0 Å². The Balaban J connectivity index is 1.51. The average molecular weight is 539 g/mol. The molecule has 0 spiro atoms. The zero-order chi connectivity index (χ0) is 28.4. The van der Waals surface area contributed by atoms with Crippen LogP contribution in [0.1, 0.15) is 59.4 Å². The largest absolute Gasteiger partial charge is 0.444 e. The summed E-state index contributed by atoms with van der Waals surface area (Å²) in [7, 11) is 1.55. The summed E-state index contributed by atoms with van der Waals surface area (Å²) < 4.78 is 5.32. The Bertz CT molecular complexity index is 1200. The molecule has 0 saturated carbocycles. The van der Waals surface area contributed by atoms with E-state index in [9.17, 15) is 9.59 Å². The first-order valence-corrected chi connectivity index (χ1v) is 13.0. The van der Waals surface area contributed by atoms with Crippen molar-refractivity contribution in [2.24, 2.45) is 0 Å². The number of fused-ring (bicyclic) bond motifs is 1. The van der Waals surface area contributed by atoms with Crippen molar-refractivity contribution in [1.82, 2.24) is 25.7 Å². The predicted molar refractivity (Wildman–Crippen MR) is 150 cm³/mol. The first-order chi connectivity index (χ1) is 18.6. The molecule has 0 saturated heterocycles. The van der Waals surface area contributed by atoms with Crippen molar-refractivity contribution in [2.45, 2.75) is 65.5 Å². The van der Waals surface area contributed by atoms with Crippen LogP contribution in [-0.2, 0) is 9.53 Å². The minimum atomic E-state index is -0.656. The Morgan fingerprint density at radius 2 is 2.00 bits per heavy atom. The number of carbonyl (C=O) groups excluding carboxylic acids is 2. The fourth-order valence-electron chi connectivity index (χ4n) is 3.32. The highest BCUT2D eigenvalue weighted by molar-refractivity contribution is 5.85. The number of carbonyl (C=O) groups is 2. The van der Waals surface area contributed by atoms with Crippen molar-refractivity contribution < 1.29 is 19.2 Å². The molecule has 1 aromatic carbocycles. The second-order valence-electron chi connectivity index (χ2n) is 9.94. The molecule has 4 N–H and O–H groups in total. The Kier molecular flexibility index (Phi) is 10.2. The quantitative estimate of drug-likeness (QED) is 0.263. The van der Waals surface area contributed by atoms with Crippen LogP contribution in [0.2, 0.25) is 0 Å². The minimum Gasteiger partial charge on any atom is -0.444 e. The predicted octanol–water partition coefficient (Wildman–Crippen LogP) is 3.45. The van der Waals surface area contributed by atoms with E-state index in [1.165, 1.54) is 10.1 Å². The van der Waals surface area contributed by atoms with Crippen molar-refractivity contribution in [2.75, 3.05) is 36.1 Å². The van der Waals surface area contributed by atoms with Gasteiger partial charge in [0.2, 0.25) is 5.91 Å². The van der Waals surface area contributed by atoms with E-state index in [4.69, 9.17) is 9.57 Å². The number of nitrogens with zero attached hydrogens (tertiary/aromatic N) is 4. The minimum absolute atomic E-state index is 0.165. The summed E-state index contributed by atoms with van der Waals surface area (Å²) in [4.78, 5) is 40.5. The van der Waals surface area contributed by atoms with Crippen LogP contribution in [0.4, 0.5) is 22.0 Å². The lowest BCUT2D eigenvalue weighted by Gasteiger charge is -2.28. The molecular formula is C27H38N8O4. The Hall–Kier alpha value is -4.24. The highest BCUT2D eigenvalue weighted by Gasteiger charge is 2.26. The zero-order valence-corrected chi connectivity index (χ0v) is 23.4. The van der Waals surface area contributed by atoms with Crippen molar-refractivity contribution in [3.05, 3.63) is 36.0 Å². The van der Waals surface area contributed by atoms with Gasteiger partial charge in [0, 0.05) is 26.6 Å². The topological polar surface area (TPSA) is 133 Å². The van der Waals surface area contributed by atoms with E-state index in [0.717, 1.165) is 24.3 Å². The third kappa shape index (κ3) is 8.65. The fourth-order valence-corrected chi connectivity index (χ4v) is 3.32. The number of aromatic nitrogens is 2. The van der Waals surface area contributed by atoms with Gasteiger partial charge in [-0.3, -0.25) is 15.1 Å². The second-order valence-corrected chi connectivity index (χ2v) is 9.94. The molecule has 0 bridgehead atoms. The summed E-state index contributed by atoms with van der Waals surface area (Å²) in [6.45, 7) is 10.2. The lowest BCUT2D eigenvalue weighted by Crippen LogP contribution is -2.47. The number of amides is 2. The van der Waals surface area contributed by atoms with Crippen molar-refractivity contribution >= 4 is 29.2 Å². The normalized spacial score (nSPS) is 12.8. The van der Waals surface area contributed by atoms with Crippen LogP contribution >= 0.6 is 0 Å². The van der Waals surface area contributed by atoms with Gasteiger partial charge in [-0.1, -0.05) is 30.9 Å². The van der Waals surface area contributed by atoms with Crippen LogP contribution in [0.15, 0.2) is 30.5 Å². The van der Waals surface area contributed by atoms with Gasteiger partial charge >= 0.3 is 12.1 Å². The van der Waals surface area contributed by atoms with Gasteiger partial charge < -0.3 is 20.2 Å². The summed E-state index contributed by atoms with van der Waals surface area (Å²) >= 11 is 0. The maximum Gasteiger partial charge on any atom is 0.410 e. The second kappa shape index (κ2) is 13.5. The van der Waals surface area contributed by atoms with Gasteiger partial charge in [0.15, 0.2) is 0 Å². The molecule has 2 aromatic rings. The van der Waals surface area contributed by atoms with E-state index in [1.807, 2.05) is 24.3 Å². The molecule has 12 heteroatoms. The van der Waals surface area contributed by atoms with Crippen molar-refractivity contribution in [1.29, 1.82) is 0 Å². The van der Waals surface area contributed by atoms with Crippen LogP contribution < -0.4 is 31.6 Å². The van der Waals surface area contributed by atoms with E-state index in [0.29, 0.717) is 30.8 Å².